The molecule has 0 radical (unpaired) electrons. The molecule has 0 bridgehead atoms. The maximum Gasteiger partial charge on any atom is 0.333 e. The van der Waals surface area contributed by atoms with E-state index >= 15 is 0 Å². The molecule has 2 aromatic carbocycles. The molecule has 0 fully saturated rings. The second-order valence-corrected chi connectivity index (χ2v) is 8.18. The Labute approximate surface area is 207 Å². The van der Waals surface area contributed by atoms with Gasteiger partial charge in [-0.25, -0.2) is 14.3 Å². The van der Waals surface area contributed by atoms with E-state index in [1.54, 1.807) is 11.7 Å². The van der Waals surface area contributed by atoms with Crippen LogP contribution >= 0.6 is 0 Å². The number of ether oxygens (including phenoxy) is 3. The number of esters is 1. The molecule has 0 amide bonds. The van der Waals surface area contributed by atoms with E-state index in [2.05, 4.69) is 4.98 Å². The Hall–Kier alpha value is -4.18. The lowest BCUT2D eigenvalue weighted by molar-refractivity contribution is -0.145. The smallest absolute Gasteiger partial charge is 0.333 e. The quantitative estimate of drug-likeness (QED) is 0.233. The Morgan fingerprint density at radius 3 is 2.44 bits per heavy atom. The fourth-order valence-corrected chi connectivity index (χ4v) is 3.85. The van der Waals surface area contributed by atoms with Crippen molar-refractivity contribution in [2.75, 3.05) is 26.9 Å². The Kier molecular flexibility index (Phi) is 7.96. The first-order valence-electron chi connectivity index (χ1n) is 11.5. The highest BCUT2D eigenvalue weighted by Gasteiger charge is 2.20. The van der Waals surface area contributed by atoms with E-state index in [0.717, 1.165) is 15.7 Å². The molecule has 0 spiro atoms. The van der Waals surface area contributed by atoms with Gasteiger partial charge in [0.25, 0.3) is 5.56 Å². The molecule has 0 aliphatic carbocycles. The molecule has 0 saturated carbocycles. The number of para-hydroxylation sites is 1. The zero-order valence-electron chi connectivity index (χ0n) is 20.3. The molecule has 0 aliphatic rings. The van der Waals surface area contributed by atoms with Gasteiger partial charge in [0.2, 0.25) is 0 Å². The van der Waals surface area contributed by atoms with Crippen molar-refractivity contribution in [2.24, 2.45) is 0 Å². The molecule has 0 atom stereocenters. The van der Waals surface area contributed by atoms with Crippen molar-refractivity contribution in [3.63, 3.8) is 0 Å². The summed E-state index contributed by atoms with van der Waals surface area (Å²) >= 11 is 0. The van der Waals surface area contributed by atoms with E-state index in [4.69, 9.17) is 14.2 Å². The molecule has 36 heavy (non-hydrogen) atoms. The lowest BCUT2D eigenvalue weighted by atomic mass is 10.2. The summed E-state index contributed by atoms with van der Waals surface area (Å²) in [7, 11) is 1.56. The van der Waals surface area contributed by atoms with Crippen LogP contribution < -0.4 is 16.0 Å². The number of carbonyl (C=O) groups excluding carboxylic acids is 1. The molecule has 10 nitrogen and oxygen atoms in total. The first kappa shape index (κ1) is 24.9. The minimum atomic E-state index is -0.712. The van der Waals surface area contributed by atoms with Crippen LogP contribution in [-0.2, 0) is 33.9 Å². The first-order valence-corrected chi connectivity index (χ1v) is 11.5. The van der Waals surface area contributed by atoms with Gasteiger partial charge in [-0.15, -0.1) is 0 Å². The van der Waals surface area contributed by atoms with Gasteiger partial charge in [-0.2, -0.15) is 0 Å². The van der Waals surface area contributed by atoms with Crippen LogP contribution in [0.4, 0.5) is 0 Å². The number of hydrogen-bond acceptors (Lipinski definition) is 7. The van der Waals surface area contributed by atoms with E-state index in [1.807, 2.05) is 61.5 Å². The van der Waals surface area contributed by atoms with Crippen molar-refractivity contribution >= 4 is 17.1 Å². The van der Waals surface area contributed by atoms with Gasteiger partial charge in [-0.1, -0.05) is 48.5 Å². The summed E-state index contributed by atoms with van der Waals surface area (Å²) in [4.78, 5) is 43.5. The highest BCUT2D eigenvalue weighted by atomic mass is 16.6. The fourth-order valence-electron chi connectivity index (χ4n) is 3.85. The second-order valence-electron chi connectivity index (χ2n) is 8.18. The van der Waals surface area contributed by atoms with Gasteiger partial charge in [0.1, 0.15) is 25.5 Å². The number of carbonyl (C=O) groups is 1. The van der Waals surface area contributed by atoms with Crippen molar-refractivity contribution < 1.29 is 19.0 Å². The summed E-state index contributed by atoms with van der Waals surface area (Å²) in [6.45, 7) is 2.43. The van der Waals surface area contributed by atoms with Crippen LogP contribution in [0.5, 0.6) is 5.75 Å². The summed E-state index contributed by atoms with van der Waals surface area (Å²) < 4.78 is 19.9. The second kappa shape index (κ2) is 11.5. The molecule has 0 saturated heterocycles. The predicted molar refractivity (Wildman–Crippen MR) is 133 cm³/mol. The molecule has 0 unspecified atom stereocenters. The first-order chi connectivity index (χ1) is 17.5. The van der Waals surface area contributed by atoms with Crippen LogP contribution in [0.15, 0.2) is 70.5 Å². The van der Waals surface area contributed by atoms with Crippen LogP contribution in [0.3, 0.4) is 0 Å². The maximum absolute atomic E-state index is 13.3. The van der Waals surface area contributed by atoms with E-state index in [9.17, 15) is 14.4 Å². The third kappa shape index (κ3) is 5.55. The zero-order chi connectivity index (χ0) is 25.5. The van der Waals surface area contributed by atoms with Gasteiger partial charge < -0.3 is 18.8 Å². The Balaban J connectivity index is 1.57. The number of fused-ring (bicyclic) bond motifs is 1. The predicted octanol–water partition coefficient (Wildman–Crippen LogP) is 1.99. The lowest BCUT2D eigenvalue weighted by Crippen LogP contribution is -2.42. The number of benzene rings is 2. The highest BCUT2D eigenvalue weighted by Crippen LogP contribution is 2.15. The number of nitrogens with zero attached hydrogens (tertiary/aromatic N) is 4. The minimum absolute atomic E-state index is 0.0197. The number of aromatic nitrogens is 4. The fraction of sp³-hybridized carbons (Fsp3) is 0.308. The number of hydrogen-bond donors (Lipinski definition) is 0. The van der Waals surface area contributed by atoms with Crippen molar-refractivity contribution in [1.29, 1.82) is 0 Å². The van der Waals surface area contributed by atoms with Crippen molar-refractivity contribution in [3.8, 4) is 5.75 Å². The van der Waals surface area contributed by atoms with E-state index in [0.29, 0.717) is 18.9 Å². The standard InChI is InChI=1S/C26H28N4O6/c1-19-8-6-7-11-21(19)35-14-15-36-22(31)17-30-25(32)23-24(27-18-28(23)12-13-34-2)29(26(30)33)16-20-9-4-3-5-10-20/h3-11,18H,12-17H2,1-2H3. The number of aryl methyl sites for hydroxylation is 1. The van der Waals surface area contributed by atoms with Crippen LogP contribution in [0.1, 0.15) is 11.1 Å². The van der Waals surface area contributed by atoms with Gasteiger partial charge in [0, 0.05) is 13.7 Å². The summed E-state index contributed by atoms with van der Waals surface area (Å²) in [5.74, 6) is -0.0144. The highest BCUT2D eigenvalue weighted by molar-refractivity contribution is 5.72. The lowest BCUT2D eigenvalue weighted by Gasteiger charge is -2.13. The molecule has 10 heteroatoms. The summed E-state index contributed by atoms with van der Waals surface area (Å²) in [6, 6.07) is 16.9. The van der Waals surface area contributed by atoms with Crippen LogP contribution in [0.2, 0.25) is 0 Å². The summed E-state index contributed by atoms with van der Waals surface area (Å²) in [5, 5.41) is 0. The topological polar surface area (TPSA) is 107 Å². The molecular formula is C26H28N4O6. The van der Waals surface area contributed by atoms with Crippen molar-refractivity contribution in [2.45, 2.75) is 26.6 Å². The molecule has 4 rings (SSSR count). The van der Waals surface area contributed by atoms with Crippen molar-refractivity contribution in [3.05, 3.63) is 92.9 Å². The van der Waals surface area contributed by atoms with Gasteiger partial charge in [-0.05, 0) is 24.1 Å². The number of imidazole rings is 1. The number of methoxy groups -OCH3 is 1. The average Bonchev–Trinajstić information content (AvgIpc) is 3.31. The average molecular weight is 493 g/mol. The molecule has 188 valence electrons. The Morgan fingerprint density at radius 1 is 0.944 bits per heavy atom. The van der Waals surface area contributed by atoms with E-state index in [-0.39, 0.29) is 30.9 Å². The molecule has 2 heterocycles. The molecule has 4 aromatic rings. The molecule has 0 aliphatic heterocycles. The van der Waals surface area contributed by atoms with Gasteiger partial charge in [0.05, 0.1) is 19.5 Å². The van der Waals surface area contributed by atoms with Crippen LogP contribution in [0.25, 0.3) is 11.2 Å². The maximum atomic E-state index is 13.3. The number of rotatable bonds is 11. The summed E-state index contributed by atoms with van der Waals surface area (Å²) in [5.41, 5.74) is 1.04. The molecular weight excluding hydrogens is 464 g/mol. The van der Waals surface area contributed by atoms with Gasteiger partial charge in [-0.3, -0.25) is 14.2 Å². The normalized spacial score (nSPS) is 11.1. The van der Waals surface area contributed by atoms with E-state index in [1.165, 1.54) is 10.9 Å². The van der Waals surface area contributed by atoms with Crippen molar-refractivity contribution in [1.82, 2.24) is 18.7 Å². The van der Waals surface area contributed by atoms with Crippen LogP contribution in [-0.4, -0.2) is 51.6 Å². The summed E-state index contributed by atoms with van der Waals surface area (Å²) in [6.07, 6.45) is 1.50. The SMILES string of the molecule is COCCn1cnc2c1c(=O)n(CC(=O)OCCOc1ccccc1C)c(=O)n2Cc1ccccc1. The van der Waals surface area contributed by atoms with E-state index < -0.39 is 23.8 Å². The molecule has 0 N–H and O–H groups in total. The van der Waals surface area contributed by atoms with Gasteiger partial charge in [0.15, 0.2) is 11.2 Å². The molecule has 2 aromatic heterocycles. The van der Waals surface area contributed by atoms with Gasteiger partial charge >= 0.3 is 11.7 Å². The monoisotopic (exact) mass is 492 g/mol. The third-order valence-electron chi connectivity index (χ3n) is 5.69. The third-order valence-corrected chi connectivity index (χ3v) is 5.69. The Morgan fingerprint density at radius 2 is 1.69 bits per heavy atom. The minimum Gasteiger partial charge on any atom is -0.490 e. The van der Waals surface area contributed by atoms with Crippen LogP contribution in [0, 0.1) is 6.92 Å². The largest absolute Gasteiger partial charge is 0.490 e. The Bertz CT molecular complexity index is 1460. The zero-order valence-corrected chi connectivity index (χ0v) is 20.3.